The van der Waals surface area contributed by atoms with E-state index in [1.807, 2.05) is 4.40 Å². The maximum absolute atomic E-state index is 13.0. The Kier molecular flexibility index (Phi) is 5.85. The van der Waals surface area contributed by atoms with E-state index in [9.17, 15) is 22.8 Å². The van der Waals surface area contributed by atoms with Gasteiger partial charge in [0.05, 0.1) is 23.7 Å². The highest BCUT2D eigenvalue weighted by molar-refractivity contribution is 6.04. The van der Waals surface area contributed by atoms with Crippen molar-refractivity contribution in [1.82, 2.24) is 19.9 Å². The first-order chi connectivity index (χ1) is 18.7. The predicted molar refractivity (Wildman–Crippen MR) is 133 cm³/mol. The van der Waals surface area contributed by atoms with E-state index in [2.05, 4.69) is 20.3 Å². The number of rotatable bonds is 4. The van der Waals surface area contributed by atoms with Crippen LogP contribution in [0.4, 0.5) is 29.6 Å². The lowest BCUT2D eigenvalue weighted by atomic mass is 9.93. The zero-order valence-electron chi connectivity index (χ0n) is 20.4. The number of amides is 2. The van der Waals surface area contributed by atoms with Gasteiger partial charge in [0.2, 0.25) is 5.52 Å². The van der Waals surface area contributed by atoms with Crippen molar-refractivity contribution >= 4 is 29.2 Å². The molecule has 0 aliphatic carbocycles. The summed E-state index contributed by atoms with van der Waals surface area (Å²) in [5, 5.41) is 2.40. The summed E-state index contributed by atoms with van der Waals surface area (Å²) in [5.41, 5.74) is 7.66. The first kappa shape index (κ1) is 24.6. The van der Waals surface area contributed by atoms with Crippen LogP contribution >= 0.6 is 0 Å². The molecule has 13 heteroatoms. The predicted octanol–water partition coefficient (Wildman–Crippen LogP) is 3.76. The van der Waals surface area contributed by atoms with Crippen LogP contribution in [0.15, 0.2) is 55.0 Å². The van der Waals surface area contributed by atoms with Crippen LogP contribution in [0.5, 0.6) is 0 Å². The van der Waals surface area contributed by atoms with Gasteiger partial charge in [-0.3, -0.25) is 4.79 Å². The van der Waals surface area contributed by atoms with Gasteiger partial charge in [0.1, 0.15) is 18.6 Å². The Hall–Kier alpha value is -4.68. The van der Waals surface area contributed by atoms with Crippen molar-refractivity contribution in [3.05, 3.63) is 71.9 Å². The molecule has 3 aromatic heterocycles. The second-order valence-electron chi connectivity index (χ2n) is 9.53. The second-order valence-corrected chi connectivity index (χ2v) is 9.53. The number of anilines is 2. The molecule has 0 bridgehead atoms. The molecule has 10 nitrogen and oxygen atoms in total. The molecule has 2 saturated heterocycles. The molecule has 6 rings (SSSR count). The van der Waals surface area contributed by atoms with Gasteiger partial charge in [0.15, 0.2) is 11.5 Å². The number of aromatic nitrogens is 4. The average molecular weight is 539 g/mol. The van der Waals surface area contributed by atoms with Crippen LogP contribution in [0.3, 0.4) is 0 Å². The number of nitrogens with one attached hydrogen (secondary N) is 2. The van der Waals surface area contributed by atoms with Crippen molar-refractivity contribution in [2.75, 3.05) is 24.2 Å². The number of hydrogen-bond acceptors (Lipinski definition) is 6. The highest BCUT2D eigenvalue weighted by Crippen LogP contribution is 2.34. The Morgan fingerprint density at radius 3 is 2.72 bits per heavy atom. The number of alkyl halides is 3. The van der Waals surface area contributed by atoms with Gasteiger partial charge in [-0.05, 0) is 49.2 Å². The van der Waals surface area contributed by atoms with Gasteiger partial charge in [0, 0.05) is 23.9 Å². The van der Waals surface area contributed by atoms with Gasteiger partial charge in [-0.15, -0.1) is 0 Å². The zero-order chi connectivity index (χ0) is 27.3. The lowest BCUT2D eigenvalue weighted by Crippen LogP contribution is -2.43. The average Bonchev–Trinajstić information content (AvgIpc) is 3.50. The number of nitrogens with zero attached hydrogens (tertiary/aromatic N) is 4. The van der Waals surface area contributed by atoms with Crippen LogP contribution < -0.4 is 15.5 Å². The summed E-state index contributed by atoms with van der Waals surface area (Å²) in [6.07, 6.45) is 1.22. The van der Waals surface area contributed by atoms with Gasteiger partial charge in [-0.25, -0.2) is 19.7 Å². The van der Waals surface area contributed by atoms with Crippen LogP contribution in [0.1, 0.15) is 40.5 Å². The molecule has 39 heavy (non-hydrogen) atoms. The standard InChI is InChI=1S/C26H22F3N7O3/c27-26(28,29)17-7-8-31-19(11-17)33-24(37)15-3-1-14(2-4-15)20-21-22(30)32-9-10-35(21)23(34-20)16-5-6-18-13-39-25(38)36(18)12-16/h1-4,7-11,16,18H,5-6,12-13H2,(H3,30,31,32,33,37)/p+1/t16-,18+/m1/s1. The smallest absolute Gasteiger partial charge is 0.416 e. The number of benzene rings is 1. The lowest BCUT2D eigenvalue weighted by Gasteiger charge is -2.30. The molecule has 2 atom stereocenters. The molecule has 2 fully saturated rings. The van der Waals surface area contributed by atoms with E-state index in [1.54, 1.807) is 41.6 Å². The van der Waals surface area contributed by atoms with E-state index >= 15 is 0 Å². The number of aromatic amines is 1. The third-order valence-electron chi connectivity index (χ3n) is 7.15. The number of nitrogen functional groups attached to an aromatic ring is 1. The van der Waals surface area contributed by atoms with Gasteiger partial charge in [0.25, 0.3) is 11.7 Å². The molecule has 1 aromatic carbocycles. The molecular formula is C26H23F3N7O3+. The molecule has 0 saturated carbocycles. The number of H-pyrrole nitrogens is 1. The molecule has 4 N–H and O–H groups in total. The Morgan fingerprint density at radius 2 is 1.95 bits per heavy atom. The van der Waals surface area contributed by atoms with Gasteiger partial charge in [-0.2, -0.15) is 17.6 Å². The second kappa shape index (κ2) is 9.26. The van der Waals surface area contributed by atoms with E-state index in [-0.39, 0.29) is 29.4 Å². The molecule has 5 heterocycles. The number of pyridine rings is 1. The SMILES string of the molecule is Nc1ncc[n+]2c([C@@H]3CC[C@H]4COC(=O)N4C3)[nH]c(-c3ccc(C(=O)Nc4cc(C(F)(F)F)ccn4)cc3)c12. The maximum atomic E-state index is 13.0. The summed E-state index contributed by atoms with van der Waals surface area (Å²) in [6.45, 7) is 0.923. The van der Waals surface area contributed by atoms with Gasteiger partial charge >= 0.3 is 12.3 Å². The van der Waals surface area contributed by atoms with Crippen LogP contribution in [0, 0.1) is 0 Å². The minimum atomic E-state index is -4.55. The van der Waals surface area contributed by atoms with Gasteiger partial charge < -0.3 is 20.7 Å². The number of piperidine rings is 1. The van der Waals surface area contributed by atoms with E-state index in [0.717, 1.165) is 42.6 Å². The van der Waals surface area contributed by atoms with Crippen molar-refractivity contribution in [3.8, 4) is 11.3 Å². The lowest BCUT2D eigenvalue weighted by molar-refractivity contribution is -0.523. The topological polar surface area (TPSA) is 130 Å². The van der Waals surface area contributed by atoms with Gasteiger partial charge in [-0.1, -0.05) is 0 Å². The molecular weight excluding hydrogens is 515 g/mol. The Morgan fingerprint density at radius 1 is 1.15 bits per heavy atom. The number of imidazole rings is 1. The van der Waals surface area contributed by atoms with Crippen molar-refractivity contribution in [2.24, 2.45) is 0 Å². The Bertz CT molecular complexity index is 1590. The minimum absolute atomic E-state index is 0.0139. The quantitative estimate of drug-likeness (QED) is 0.339. The number of ether oxygens (including phenoxy) is 1. The Balaban J connectivity index is 1.28. The van der Waals surface area contributed by atoms with Crippen molar-refractivity contribution in [2.45, 2.75) is 31.0 Å². The normalized spacial score (nSPS) is 19.2. The summed E-state index contributed by atoms with van der Waals surface area (Å²) in [7, 11) is 0. The first-order valence-corrected chi connectivity index (χ1v) is 12.2. The fourth-order valence-electron chi connectivity index (χ4n) is 5.19. The summed E-state index contributed by atoms with van der Waals surface area (Å²) >= 11 is 0. The van der Waals surface area contributed by atoms with Crippen LogP contribution in [-0.4, -0.2) is 51.0 Å². The van der Waals surface area contributed by atoms with Crippen molar-refractivity contribution in [3.63, 3.8) is 0 Å². The molecule has 200 valence electrons. The number of carbonyl (C=O) groups excluding carboxylic acids is 2. The van der Waals surface area contributed by atoms with E-state index < -0.39 is 17.6 Å². The van der Waals surface area contributed by atoms with Crippen LogP contribution in [-0.2, 0) is 10.9 Å². The highest BCUT2D eigenvalue weighted by Gasteiger charge is 2.42. The van der Waals surface area contributed by atoms with E-state index in [0.29, 0.717) is 30.2 Å². The molecule has 4 aromatic rings. The number of cyclic esters (lactones) is 1. The summed E-state index contributed by atoms with van der Waals surface area (Å²) in [4.78, 5) is 38.1. The fraction of sp³-hybridized carbons (Fsp3) is 0.269. The molecule has 0 unspecified atom stereocenters. The van der Waals surface area contributed by atoms with Crippen LogP contribution in [0.25, 0.3) is 16.8 Å². The number of halogens is 3. The first-order valence-electron chi connectivity index (χ1n) is 12.2. The third kappa shape index (κ3) is 4.49. The van der Waals surface area contributed by atoms with Crippen LogP contribution in [0.2, 0.25) is 0 Å². The Labute approximate surface area is 219 Å². The monoisotopic (exact) mass is 538 g/mol. The van der Waals surface area contributed by atoms with E-state index in [1.165, 1.54) is 0 Å². The van der Waals surface area contributed by atoms with E-state index in [4.69, 9.17) is 10.5 Å². The fourth-order valence-corrected chi connectivity index (χ4v) is 5.19. The molecule has 0 spiro atoms. The number of nitrogens with two attached hydrogens (primary N) is 1. The highest BCUT2D eigenvalue weighted by atomic mass is 19.4. The summed E-state index contributed by atoms with van der Waals surface area (Å²) in [5.74, 6) is 0.382. The molecule has 2 aliphatic heterocycles. The summed E-state index contributed by atoms with van der Waals surface area (Å²) in [6, 6.07) is 8.26. The minimum Gasteiger partial charge on any atom is -0.447 e. The zero-order valence-corrected chi connectivity index (χ0v) is 20.4. The van der Waals surface area contributed by atoms with Crippen molar-refractivity contribution in [1.29, 1.82) is 0 Å². The summed E-state index contributed by atoms with van der Waals surface area (Å²) < 4.78 is 46.1. The number of fused-ring (bicyclic) bond motifs is 2. The maximum Gasteiger partial charge on any atom is 0.416 e. The number of hydrogen-bond donors (Lipinski definition) is 3. The molecule has 2 aliphatic rings. The largest absolute Gasteiger partial charge is 0.447 e. The third-order valence-corrected chi connectivity index (χ3v) is 7.15. The molecule has 2 amide bonds. The van der Waals surface area contributed by atoms with Crippen molar-refractivity contribution < 1.29 is 31.9 Å². The number of carbonyl (C=O) groups is 2. The molecule has 0 radical (unpaired) electrons.